The number of aryl methyl sites for hydroxylation is 2. The summed E-state index contributed by atoms with van der Waals surface area (Å²) in [7, 11) is 0. The first-order valence-electron chi connectivity index (χ1n) is 9.52. The van der Waals surface area contributed by atoms with Crippen molar-refractivity contribution in [1.29, 1.82) is 0 Å². The molecule has 150 valence electrons. The number of fused-ring (bicyclic) bond motifs is 1. The number of benzene rings is 1. The minimum Gasteiger partial charge on any atom is -0.369 e. The van der Waals surface area contributed by atoms with Gasteiger partial charge < -0.3 is 10.6 Å². The van der Waals surface area contributed by atoms with Crippen LogP contribution in [0.15, 0.2) is 40.5 Å². The SMILES string of the molecule is Cc1sc2ncnc(Sc3ccccc3C(=O)N3CCC(C(N)=O)CC3)c2c1C. The number of thiophene rings is 1. The van der Waals surface area contributed by atoms with Crippen molar-refractivity contribution in [3.63, 3.8) is 0 Å². The van der Waals surface area contributed by atoms with Gasteiger partial charge in [0.25, 0.3) is 5.91 Å². The zero-order chi connectivity index (χ0) is 20.5. The highest BCUT2D eigenvalue weighted by Gasteiger charge is 2.27. The second-order valence-electron chi connectivity index (χ2n) is 7.21. The molecule has 3 aromatic rings. The smallest absolute Gasteiger partial charge is 0.255 e. The van der Waals surface area contributed by atoms with Crippen LogP contribution in [0.5, 0.6) is 0 Å². The maximum atomic E-state index is 13.2. The van der Waals surface area contributed by atoms with E-state index in [1.165, 1.54) is 22.2 Å². The van der Waals surface area contributed by atoms with E-state index in [1.54, 1.807) is 17.7 Å². The number of nitrogens with two attached hydrogens (primary N) is 1. The molecule has 2 N–H and O–H groups in total. The Bertz CT molecular complexity index is 1090. The summed E-state index contributed by atoms with van der Waals surface area (Å²) in [6.45, 7) is 5.27. The van der Waals surface area contributed by atoms with E-state index in [0.29, 0.717) is 31.5 Å². The molecule has 29 heavy (non-hydrogen) atoms. The highest BCUT2D eigenvalue weighted by atomic mass is 32.2. The largest absolute Gasteiger partial charge is 0.369 e. The summed E-state index contributed by atoms with van der Waals surface area (Å²) < 4.78 is 0. The molecule has 0 radical (unpaired) electrons. The van der Waals surface area contributed by atoms with Crippen molar-refractivity contribution in [3.8, 4) is 0 Å². The molecule has 1 aliphatic rings. The lowest BCUT2D eigenvalue weighted by Gasteiger charge is -2.31. The van der Waals surface area contributed by atoms with Gasteiger partial charge in [-0.15, -0.1) is 11.3 Å². The van der Waals surface area contributed by atoms with Crippen LogP contribution in [0.2, 0.25) is 0 Å². The molecule has 3 heterocycles. The van der Waals surface area contributed by atoms with Gasteiger partial charge in [-0.1, -0.05) is 23.9 Å². The number of nitrogens with zero attached hydrogens (tertiary/aromatic N) is 3. The van der Waals surface area contributed by atoms with Crippen molar-refractivity contribution < 1.29 is 9.59 Å². The fraction of sp³-hybridized carbons (Fsp3) is 0.333. The summed E-state index contributed by atoms with van der Waals surface area (Å²) in [5.74, 6) is -0.426. The Labute approximate surface area is 177 Å². The summed E-state index contributed by atoms with van der Waals surface area (Å²) in [6, 6.07) is 7.62. The number of amides is 2. The fourth-order valence-corrected chi connectivity index (χ4v) is 5.73. The Kier molecular flexibility index (Phi) is 5.56. The molecule has 0 saturated carbocycles. The standard InChI is InChI=1S/C21H22N4O2S2/c1-12-13(2)28-19-17(12)20(24-11-23-19)29-16-6-4-3-5-15(16)21(27)25-9-7-14(8-10-25)18(22)26/h3-6,11,14H,7-10H2,1-2H3,(H2,22,26). The predicted molar refractivity (Wildman–Crippen MR) is 115 cm³/mol. The molecule has 1 aromatic carbocycles. The highest BCUT2D eigenvalue weighted by Crippen LogP contribution is 2.38. The molecule has 8 heteroatoms. The highest BCUT2D eigenvalue weighted by molar-refractivity contribution is 7.99. The van der Waals surface area contributed by atoms with Crippen molar-refractivity contribution in [2.24, 2.45) is 11.7 Å². The Morgan fingerprint density at radius 3 is 2.62 bits per heavy atom. The summed E-state index contributed by atoms with van der Waals surface area (Å²) >= 11 is 3.16. The molecule has 1 fully saturated rings. The van der Waals surface area contributed by atoms with Crippen molar-refractivity contribution in [2.75, 3.05) is 13.1 Å². The van der Waals surface area contributed by atoms with Crippen LogP contribution in [-0.2, 0) is 4.79 Å². The van der Waals surface area contributed by atoms with Gasteiger partial charge in [0.2, 0.25) is 5.91 Å². The number of piperidine rings is 1. The van der Waals surface area contributed by atoms with Gasteiger partial charge in [-0.2, -0.15) is 0 Å². The van der Waals surface area contributed by atoms with Crippen LogP contribution in [0.3, 0.4) is 0 Å². The summed E-state index contributed by atoms with van der Waals surface area (Å²) in [5, 5.41) is 1.93. The van der Waals surface area contributed by atoms with E-state index in [4.69, 9.17) is 5.73 Å². The lowest BCUT2D eigenvalue weighted by atomic mass is 9.96. The van der Waals surface area contributed by atoms with E-state index in [9.17, 15) is 9.59 Å². The molecule has 4 rings (SSSR count). The van der Waals surface area contributed by atoms with E-state index in [1.807, 2.05) is 29.2 Å². The Balaban J connectivity index is 1.62. The van der Waals surface area contributed by atoms with Gasteiger partial charge in [0.15, 0.2) is 0 Å². The third-order valence-electron chi connectivity index (χ3n) is 5.44. The van der Waals surface area contributed by atoms with Crippen LogP contribution < -0.4 is 5.73 Å². The average molecular weight is 427 g/mol. The Morgan fingerprint density at radius 1 is 1.17 bits per heavy atom. The van der Waals surface area contributed by atoms with E-state index in [-0.39, 0.29) is 17.7 Å². The van der Waals surface area contributed by atoms with Gasteiger partial charge in [0.05, 0.1) is 5.56 Å². The molecule has 0 aliphatic carbocycles. The first-order valence-corrected chi connectivity index (χ1v) is 11.1. The minimum absolute atomic E-state index is 0.0143. The summed E-state index contributed by atoms with van der Waals surface area (Å²) in [6.07, 6.45) is 2.83. The van der Waals surface area contributed by atoms with E-state index in [0.717, 1.165) is 20.1 Å². The lowest BCUT2D eigenvalue weighted by Crippen LogP contribution is -2.41. The minimum atomic E-state index is -0.276. The van der Waals surface area contributed by atoms with Crippen molar-refractivity contribution in [2.45, 2.75) is 36.6 Å². The fourth-order valence-electron chi connectivity index (χ4n) is 3.60. The zero-order valence-electron chi connectivity index (χ0n) is 16.3. The van der Waals surface area contributed by atoms with Gasteiger partial charge in [-0.3, -0.25) is 9.59 Å². The molecule has 1 saturated heterocycles. The first kappa shape index (κ1) is 19.8. The average Bonchev–Trinajstić information content (AvgIpc) is 3.02. The number of hydrogen-bond acceptors (Lipinski definition) is 6. The molecular weight excluding hydrogens is 404 g/mol. The summed E-state index contributed by atoms with van der Waals surface area (Å²) in [5.41, 5.74) is 7.26. The molecule has 0 unspecified atom stereocenters. The normalized spacial score (nSPS) is 15.0. The number of hydrogen-bond donors (Lipinski definition) is 1. The molecular formula is C21H22N4O2S2. The first-order chi connectivity index (χ1) is 14.0. The third-order valence-corrected chi connectivity index (χ3v) is 7.63. The van der Waals surface area contributed by atoms with Crippen LogP contribution in [0.25, 0.3) is 10.2 Å². The zero-order valence-corrected chi connectivity index (χ0v) is 18.0. The van der Waals surface area contributed by atoms with E-state index in [2.05, 4.69) is 23.8 Å². The molecule has 6 nitrogen and oxygen atoms in total. The predicted octanol–water partition coefficient (Wildman–Crippen LogP) is 3.80. The maximum absolute atomic E-state index is 13.2. The quantitative estimate of drug-likeness (QED) is 0.641. The summed E-state index contributed by atoms with van der Waals surface area (Å²) in [4.78, 5) is 38.4. The molecule has 0 spiro atoms. The number of likely N-dealkylation sites (tertiary alicyclic amines) is 1. The Morgan fingerprint density at radius 2 is 1.90 bits per heavy atom. The Hall–Kier alpha value is -2.45. The number of primary amides is 1. The van der Waals surface area contributed by atoms with Crippen LogP contribution >= 0.6 is 23.1 Å². The van der Waals surface area contributed by atoms with E-state index < -0.39 is 0 Å². The monoisotopic (exact) mass is 426 g/mol. The molecule has 2 amide bonds. The van der Waals surface area contributed by atoms with Gasteiger partial charge in [0, 0.05) is 34.2 Å². The molecule has 0 bridgehead atoms. The number of carbonyl (C=O) groups is 2. The second kappa shape index (κ2) is 8.12. The van der Waals surface area contributed by atoms with Crippen LogP contribution in [-0.4, -0.2) is 39.8 Å². The van der Waals surface area contributed by atoms with Crippen LogP contribution in [0.1, 0.15) is 33.6 Å². The third kappa shape index (κ3) is 3.86. The molecule has 0 atom stereocenters. The van der Waals surface area contributed by atoms with Crippen molar-refractivity contribution in [1.82, 2.24) is 14.9 Å². The topological polar surface area (TPSA) is 89.2 Å². The number of aromatic nitrogens is 2. The van der Waals surface area contributed by atoms with Crippen molar-refractivity contribution in [3.05, 3.63) is 46.6 Å². The van der Waals surface area contributed by atoms with E-state index >= 15 is 0 Å². The van der Waals surface area contributed by atoms with Gasteiger partial charge >= 0.3 is 0 Å². The van der Waals surface area contributed by atoms with Crippen molar-refractivity contribution >= 4 is 45.1 Å². The van der Waals surface area contributed by atoms with Crippen LogP contribution in [0, 0.1) is 19.8 Å². The van der Waals surface area contributed by atoms with Gasteiger partial charge in [-0.05, 0) is 44.4 Å². The molecule has 2 aromatic heterocycles. The van der Waals surface area contributed by atoms with Gasteiger partial charge in [-0.25, -0.2) is 9.97 Å². The van der Waals surface area contributed by atoms with Crippen LogP contribution in [0.4, 0.5) is 0 Å². The van der Waals surface area contributed by atoms with Gasteiger partial charge in [0.1, 0.15) is 16.2 Å². The number of rotatable bonds is 4. The number of carbonyl (C=O) groups excluding carboxylic acids is 2. The maximum Gasteiger partial charge on any atom is 0.255 e. The second-order valence-corrected chi connectivity index (χ2v) is 9.44. The lowest BCUT2D eigenvalue weighted by molar-refractivity contribution is -0.123. The molecule has 1 aliphatic heterocycles.